The Labute approximate surface area is 115 Å². The third-order valence-corrected chi connectivity index (χ3v) is 4.17. The maximum Gasteiger partial charge on any atom is 0.123 e. The van der Waals surface area contributed by atoms with E-state index in [-0.39, 0.29) is 11.9 Å². The summed E-state index contributed by atoms with van der Waals surface area (Å²) in [7, 11) is 0. The van der Waals surface area contributed by atoms with Crippen LogP contribution in [-0.2, 0) is 6.42 Å². The van der Waals surface area contributed by atoms with E-state index in [1.807, 2.05) is 6.07 Å². The average molecular weight is 264 g/mol. The van der Waals surface area contributed by atoms with Crippen molar-refractivity contribution < 1.29 is 4.39 Å². The van der Waals surface area contributed by atoms with Gasteiger partial charge in [-0.1, -0.05) is 13.8 Å². The summed E-state index contributed by atoms with van der Waals surface area (Å²) in [5, 5.41) is 0. The lowest BCUT2D eigenvalue weighted by molar-refractivity contribution is 0.437. The number of halogens is 1. The third kappa shape index (κ3) is 3.69. The van der Waals surface area contributed by atoms with Crippen LogP contribution in [0.25, 0.3) is 0 Å². The van der Waals surface area contributed by atoms with Gasteiger partial charge >= 0.3 is 0 Å². The number of piperidine rings is 1. The Hall–Kier alpha value is -1.09. The molecule has 2 rings (SSSR count). The van der Waals surface area contributed by atoms with E-state index in [9.17, 15) is 4.39 Å². The molecular weight excluding hydrogens is 239 g/mol. The van der Waals surface area contributed by atoms with Crippen molar-refractivity contribution in [2.24, 2.45) is 11.7 Å². The van der Waals surface area contributed by atoms with E-state index in [2.05, 4.69) is 18.7 Å². The number of rotatable bonds is 4. The van der Waals surface area contributed by atoms with E-state index in [1.54, 1.807) is 12.1 Å². The molecule has 0 amide bonds. The standard InChI is InChI=1S/C16H25FN2/c1-3-15(18)11-13-10-14(17)4-5-16(13)19-8-6-12(2)7-9-19/h4-5,10,12,15H,3,6-9,11,18H2,1-2H3. The van der Waals surface area contributed by atoms with E-state index >= 15 is 0 Å². The van der Waals surface area contributed by atoms with Crippen molar-refractivity contribution in [2.45, 2.75) is 45.6 Å². The van der Waals surface area contributed by atoms with Gasteiger partial charge in [-0.05, 0) is 55.4 Å². The van der Waals surface area contributed by atoms with Crippen molar-refractivity contribution in [3.8, 4) is 0 Å². The first-order chi connectivity index (χ1) is 9.10. The highest BCUT2D eigenvalue weighted by atomic mass is 19.1. The molecule has 2 nitrogen and oxygen atoms in total. The van der Waals surface area contributed by atoms with Gasteiger partial charge in [0, 0.05) is 24.8 Å². The SMILES string of the molecule is CCC(N)Cc1cc(F)ccc1N1CCC(C)CC1. The molecule has 0 aromatic heterocycles. The van der Waals surface area contributed by atoms with E-state index < -0.39 is 0 Å². The molecule has 106 valence electrons. The summed E-state index contributed by atoms with van der Waals surface area (Å²) in [4.78, 5) is 2.39. The number of benzene rings is 1. The monoisotopic (exact) mass is 264 g/mol. The molecule has 1 unspecified atom stereocenters. The van der Waals surface area contributed by atoms with Crippen molar-refractivity contribution in [1.29, 1.82) is 0 Å². The maximum atomic E-state index is 13.5. The second-order valence-electron chi connectivity index (χ2n) is 5.82. The summed E-state index contributed by atoms with van der Waals surface area (Å²) in [5.74, 6) is 0.644. The lowest BCUT2D eigenvalue weighted by Crippen LogP contribution is -2.34. The van der Waals surface area contributed by atoms with Crippen LogP contribution in [0.3, 0.4) is 0 Å². The molecule has 1 aromatic carbocycles. The number of nitrogens with zero attached hydrogens (tertiary/aromatic N) is 1. The highest BCUT2D eigenvalue weighted by Gasteiger charge is 2.19. The van der Waals surface area contributed by atoms with E-state index in [4.69, 9.17) is 5.73 Å². The van der Waals surface area contributed by atoms with Crippen LogP contribution >= 0.6 is 0 Å². The molecule has 1 aromatic rings. The molecule has 2 N–H and O–H groups in total. The minimum atomic E-state index is -0.160. The summed E-state index contributed by atoms with van der Waals surface area (Å²) in [6.07, 6.45) is 4.12. The Morgan fingerprint density at radius 2 is 2.05 bits per heavy atom. The van der Waals surface area contributed by atoms with Gasteiger partial charge in [0.15, 0.2) is 0 Å². The molecule has 1 heterocycles. The molecule has 3 heteroatoms. The van der Waals surface area contributed by atoms with Gasteiger partial charge < -0.3 is 10.6 Å². The highest BCUT2D eigenvalue weighted by Crippen LogP contribution is 2.27. The Morgan fingerprint density at radius 1 is 1.37 bits per heavy atom. The zero-order valence-corrected chi connectivity index (χ0v) is 12.0. The summed E-state index contributed by atoms with van der Waals surface area (Å²) >= 11 is 0. The molecule has 0 radical (unpaired) electrons. The van der Waals surface area contributed by atoms with Crippen molar-refractivity contribution in [2.75, 3.05) is 18.0 Å². The smallest absolute Gasteiger partial charge is 0.123 e. The number of hydrogen-bond donors (Lipinski definition) is 1. The average Bonchev–Trinajstić information content (AvgIpc) is 2.40. The molecule has 0 saturated carbocycles. The van der Waals surface area contributed by atoms with E-state index in [0.717, 1.165) is 37.4 Å². The predicted octanol–water partition coefficient (Wildman–Crippen LogP) is 3.34. The maximum absolute atomic E-state index is 13.5. The fraction of sp³-hybridized carbons (Fsp3) is 0.625. The molecule has 19 heavy (non-hydrogen) atoms. The molecule has 0 aliphatic carbocycles. The van der Waals surface area contributed by atoms with Gasteiger partial charge in [-0.25, -0.2) is 4.39 Å². The van der Waals surface area contributed by atoms with Crippen LogP contribution in [-0.4, -0.2) is 19.1 Å². The summed E-state index contributed by atoms with van der Waals surface area (Å²) in [5.41, 5.74) is 8.27. The van der Waals surface area contributed by atoms with Crippen molar-refractivity contribution in [3.05, 3.63) is 29.6 Å². The topological polar surface area (TPSA) is 29.3 Å². The molecule has 1 aliphatic heterocycles. The molecular formula is C16H25FN2. The first-order valence-corrected chi connectivity index (χ1v) is 7.39. The highest BCUT2D eigenvalue weighted by molar-refractivity contribution is 5.54. The number of nitrogens with two attached hydrogens (primary N) is 1. The largest absolute Gasteiger partial charge is 0.371 e. The molecule has 1 aliphatic rings. The Kier molecular flexibility index (Phi) is 4.81. The minimum Gasteiger partial charge on any atom is -0.371 e. The lowest BCUT2D eigenvalue weighted by atomic mass is 9.96. The Bertz CT molecular complexity index is 411. The summed E-state index contributed by atoms with van der Waals surface area (Å²) < 4.78 is 13.5. The van der Waals surface area contributed by atoms with Crippen LogP contribution in [0.15, 0.2) is 18.2 Å². The van der Waals surface area contributed by atoms with Crippen LogP contribution in [0.2, 0.25) is 0 Å². The van der Waals surface area contributed by atoms with Gasteiger partial charge in [-0.15, -0.1) is 0 Å². The minimum absolute atomic E-state index is 0.115. The lowest BCUT2D eigenvalue weighted by Gasteiger charge is -2.34. The van der Waals surface area contributed by atoms with Crippen LogP contribution < -0.4 is 10.6 Å². The fourth-order valence-corrected chi connectivity index (χ4v) is 2.70. The van der Waals surface area contributed by atoms with Crippen molar-refractivity contribution in [3.63, 3.8) is 0 Å². The molecule has 0 spiro atoms. The van der Waals surface area contributed by atoms with Crippen LogP contribution in [0.5, 0.6) is 0 Å². The normalized spacial score (nSPS) is 18.6. The van der Waals surface area contributed by atoms with Crippen molar-refractivity contribution >= 4 is 5.69 Å². The first-order valence-electron chi connectivity index (χ1n) is 7.39. The number of hydrogen-bond acceptors (Lipinski definition) is 2. The zero-order valence-electron chi connectivity index (χ0n) is 12.0. The van der Waals surface area contributed by atoms with E-state index in [0.29, 0.717) is 0 Å². The zero-order chi connectivity index (χ0) is 13.8. The quantitative estimate of drug-likeness (QED) is 0.903. The van der Waals surface area contributed by atoms with Gasteiger partial charge in [0.1, 0.15) is 5.82 Å². The molecule has 1 fully saturated rings. The van der Waals surface area contributed by atoms with Gasteiger partial charge in [-0.2, -0.15) is 0 Å². The van der Waals surface area contributed by atoms with Crippen LogP contribution in [0.1, 0.15) is 38.7 Å². The predicted molar refractivity (Wildman–Crippen MR) is 79.0 cm³/mol. The van der Waals surface area contributed by atoms with Gasteiger partial charge in [0.25, 0.3) is 0 Å². The van der Waals surface area contributed by atoms with Crippen molar-refractivity contribution in [1.82, 2.24) is 0 Å². The van der Waals surface area contributed by atoms with Gasteiger partial charge in [-0.3, -0.25) is 0 Å². The molecule has 1 atom stereocenters. The van der Waals surface area contributed by atoms with Gasteiger partial charge in [0.05, 0.1) is 0 Å². The first kappa shape index (κ1) is 14.3. The molecule has 0 bridgehead atoms. The molecule has 1 saturated heterocycles. The Morgan fingerprint density at radius 3 is 2.68 bits per heavy atom. The number of anilines is 1. The second-order valence-corrected chi connectivity index (χ2v) is 5.82. The summed E-state index contributed by atoms with van der Waals surface area (Å²) in [6.45, 7) is 6.52. The Balaban J connectivity index is 2.18. The third-order valence-electron chi connectivity index (χ3n) is 4.17. The summed E-state index contributed by atoms with van der Waals surface area (Å²) in [6, 6.07) is 5.25. The van der Waals surface area contributed by atoms with Crippen LogP contribution in [0, 0.1) is 11.7 Å². The second kappa shape index (κ2) is 6.38. The fourth-order valence-electron chi connectivity index (χ4n) is 2.70. The van der Waals surface area contributed by atoms with E-state index in [1.165, 1.54) is 18.5 Å². The van der Waals surface area contributed by atoms with Crippen LogP contribution in [0.4, 0.5) is 10.1 Å². The van der Waals surface area contributed by atoms with Gasteiger partial charge in [0.2, 0.25) is 0 Å².